The van der Waals surface area contributed by atoms with E-state index in [4.69, 9.17) is 10.1 Å². The van der Waals surface area contributed by atoms with Gasteiger partial charge in [-0.3, -0.25) is 0 Å². The van der Waals surface area contributed by atoms with Gasteiger partial charge in [0, 0.05) is 12.5 Å². The Kier molecular flexibility index (Phi) is 4.03. The summed E-state index contributed by atoms with van der Waals surface area (Å²) in [6.45, 7) is 10.4. The smallest absolute Gasteiger partial charge is 0.168 e. The van der Waals surface area contributed by atoms with Crippen LogP contribution in [0.15, 0.2) is 24.3 Å². The average Bonchev–Trinajstić information content (AvgIpc) is 2.84. The van der Waals surface area contributed by atoms with Gasteiger partial charge in [0.15, 0.2) is 5.65 Å². The second kappa shape index (κ2) is 5.99. The molecule has 3 aromatic rings. The number of anilines is 1. The number of benzene rings is 1. The summed E-state index contributed by atoms with van der Waals surface area (Å²) in [5, 5.41) is 9.14. The van der Waals surface area contributed by atoms with Gasteiger partial charge in [-0.05, 0) is 39.8 Å². The number of hydrogen-bond donors (Lipinski definition) is 1. The van der Waals surface area contributed by atoms with Gasteiger partial charge in [-0.2, -0.15) is 5.10 Å². The minimum absolute atomic E-state index is 0.305. The third kappa shape index (κ3) is 2.91. The number of aryl methyl sites for hydroxylation is 3. The van der Waals surface area contributed by atoms with Gasteiger partial charge in [-0.1, -0.05) is 24.6 Å². The minimum atomic E-state index is 0.305. The van der Waals surface area contributed by atoms with E-state index in [9.17, 15) is 0 Å². The van der Waals surface area contributed by atoms with Gasteiger partial charge in [-0.15, -0.1) is 0 Å². The van der Waals surface area contributed by atoms with Crippen molar-refractivity contribution in [2.45, 2.75) is 47.1 Å². The van der Waals surface area contributed by atoms with Crippen LogP contribution in [-0.4, -0.2) is 25.8 Å². The van der Waals surface area contributed by atoms with E-state index in [2.05, 4.69) is 62.3 Å². The van der Waals surface area contributed by atoms with Crippen LogP contribution in [0.25, 0.3) is 16.7 Å². The van der Waals surface area contributed by atoms with E-state index in [1.54, 1.807) is 0 Å². The molecule has 120 valence electrons. The fourth-order valence-electron chi connectivity index (χ4n) is 2.63. The number of hydrogen-bond acceptors (Lipinski definition) is 4. The lowest BCUT2D eigenvalue weighted by atomic mass is 10.2. The second-order valence-electron chi connectivity index (χ2n) is 6.17. The van der Waals surface area contributed by atoms with Crippen LogP contribution in [0.4, 0.5) is 5.82 Å². The molecule has 0 amide bonds. The van der Waals surface area contributed by atoms with E-state index in [1.807, 2.05) is 11.6 Å². The molecule has 0 aliphatic carbocycles. The van der Waals surface area contributed by atoms with Crippen molar-refractivity contribution in [1.29, 1.82) is 0 Å². The van der Waals surface area contributed by atoms with E-state index in [1.165, 1.54) is 5.56 Å². The molecular formula is C18H23N5. The van der Waals surface area contributed by atoms with Crippen LogP contribution in [0.2, 0.25) is 0 Å². The van der Waals surface area contributed by atoms with Crippen LogP contribution in [0.3, 0.4) is 0 Å². The number of fused-ring (bicyclic) bond motifs is 1. The molecule has 0 bridgehead atoms. The Morgan fingerprint density at radius 3 is 2.39 bits per heavy atom. The maximum absolute atomic E-state index is 4.73. The molecule has 1 aromatic carbocycles. The van der Waals surface area contributed by atoms with Crippen LogP contribution in [0.1, 0.15) is 37.9 Å². The molecule has 0 saturated heterocycles. The van der Waals surface area contributed by atoms with Gasteiger partial charge in [0.05, 0.1) is 16.8 Å². The third-order valence-corrected chi connectivity index (χ3v) is 3.77. The van der Waals surface area contributed by atoms with Gasteiger partial charge < -0.3 is 5.32 Å². The molecule has 0 spiro atoms. The summed E-state index contributed by atoms with van der Waals surface area (Å²) in [5.41, 5.74) is 4.05. The average molecular weight is 309 g/mol. The van der Waals surface area contributed by atoms with Crippen LogP contribution in [-0.2, 0) is 6.42 Å². The molecular weight excluding hydrogens is 286 g/mol. The molecule has 0 unspecified atom stereocenters. The highest BCUT2D eigenvalue weighted by molar-refractivity contribution is 5.90. The molecule has 0 aliphatic rings. The molecule has 0 radical (unpaired) electrons. The molecule has 5 nitrogen and oxygen atoms in total. The van der Waals surface area contributed by atoms with Gasteiger partial charge in [0.2, 0.25) is 0 Å². The first-order chi connectivity index (χ1) is 11.0. The van der Waals surface area contributed by atoms with Crippen molar-refractivity contribution in [3.8, 4) is 5.69 Å². The molecule has 5 heteroatoms. The Hall–Kier alpha value is -2.43. The zero-order valence-electron chi connectivity index (χ0n) is 14.4. The summed E-state index contributed by atoms with van der Waals surface area (Å²) in [4.78, 5) is 9.40. The molecule has 2 heterocycles. The molecule has 1 N–H and O–H groups in total. The maximum Gasteiger partial charge on any atom is 0.168 e. The van der Waals surface area contributed by atoms with Gasteiger partial charge >= 0.3 is 0 Å². The Morgan fingerprint density at radius 1 is 1.09 bits per heavy atom. The monoisotopic (exact) mass is 309 g/mol. The third-order valence-electron chi connectivity index (χ3n) is 3.77. The molecule has 0 fully saturated rings. The predicted molar refractivity (Wildman–Crippen MR) is 94.3 cm³/mol. The van der Waals surface area contributed by atoms with Crippen LogP contribution in [0.5, 0.6) is 0 Å². The zero-order valence-corrected chi connectivity index (χ0v) is 14.4. The Balaban J connectivity index is 2.26. The lowest BCUT2D eigenvalue weighted by molar-refractivity contribution is 0.857. The first kappa shape index (κ1) is 15.5. The first-order valence-corrected chi connectivity index (χ1v) is 8.09. The highest BCUT2D eigenvalue weighted by Gasteiger charge is 2.17. The van der Waals surface area contributed by atoms with Crippen molar-refractivity contribution in [2.24, 2.45) is 0 Å². The van der Waals surface area contributed by atoms with Gasteiger partial charge in [0.25, 0.3) is 0 Å². The van der Waals surface area contributed by atoms with Crippen molar-refractivity contribution in [3.63, 3.8) is 0 Å². The summed E-state index contributed by atoms with van der Waals surface area (Å²) < 4.78 is 1.91. The normalized spacial score (nSPS) is 11.4. The Labute approximate surface area is 136 Å². The Morgan fingerprint density at radius 2 is 1.78 bits per heavy atom. The van der Waals surface area contributed by atoms with Crippen molar-refractivity contribution >= 4 is 16.9 Å². The molecule has 0 saturated carbocycles. The highest BCUT2D eigenvalue weighted by atomic mass is 15.3. The van der Waals surface area contributed by atoms with Crippen molar-refractivity contribution in [2.75, 3.05) is 5.32 Å². The highest BCUT2D eigenvalue weighted by Crippen LogP contribution is 2.27. The molecule has 0 atom stereocenters. The summed E-state index contributed by atoms with van der Waals surface area (Å²) in [6, 6.07) is 8.63. The second-order valence-corrected chi connectivity index (χ2v) is 6.17. The SMILES string of the molecule is CCc1nc(NC(C)C)c2c(C)nn(-c3ccc(C)cc3)c2n1. The van der Waals surface area contributed by atoms with E-state index in [-0.39, 0.29) is 0 Å². The van der Waals surface area contributed by atoms with Gasteiger partial charge in [-0.25, -0.2) is 14.6 Å². The summed E-state index contributed by atoms with van der Waals surface area (Å²) >= 11 is 0. The number of nitrogens with zero attached hydrogens (tertiary/aromatic N) is 4. The van der Waals surface area contributed by atoms with E-state index >= 15 is 0 Å². The number of nitrogens with one attached hydrogen (secondary N) is 1. The predicted octanol–water partition coefficient (Wildman–Crippen LogP) is 3.82. The Bertz CT molecular complexity index is 831. The summed E-state index contributed by atoms with van der Waals surface area (Å²) in [7, 11) is 0. The lowest BCUT2D eigenvalue weighted by Crippen LogP contribution is -2.13. The van der Waals surface area contributed by atoms with E-state index in [0.29, 0.717) is 6.04 Å². The summed E-state index contributed by atoms with van der Waals surface area (Å²) in [5.74, 6) is 1.70. The molecule has 3 rings (SSSR count). The van der Waals surface area contributed by atoms with Crippen LogP contribution in [0, 0.1) is 13.8 Å². The topological polar surface area (TPSA) is 55.6 Å². The summed E-state index contributed by atoms with van der Waals surface area (Å²) in [6.07, 6.45) is 0.793. The quantitative estimate of drug-likeness (QED) is 0.796. The fraction of sp³-hybridized carbons (Fsp3) is 0.389. The fourth-order valence-corrected chi connectivity index (χ4v) is 2.63. The maximum atomic E-state index is 4.73. The molecule has 0 aliphatic heterocycles. The van der Waals surface area contributed by atoms with Crippen LogP contribution < -0.4 is 5.32 Å². The zero-order chi connectivity index (χ0) is 16.6. The van der Waals surface area contributed by atoms with Gasteiger partial charge in [0.1, 0.15) is 11.6 Å². The first-order valence-electron chi connectivity index (χ1n) is 8.09. The van der Waals surface area contributed by atoms with Crippen molar-refractivity contribution < 1.29 is 0 Å². The number of rotatable bonds is 4. The van der Waals surface area contributed by atoms with E-state index in [0.717, 1.165) is 40.5 Å². The standard InChI is InChI=1S/C18H23N5/c1-6-15-20-17(19-11(2)3)16-13(5)22-23(18(16)21-15)14-9-7-12(4)8-10-14/h7-11H,6H2,1-5H3,(H,19,20,21). The minimum Gasteiger partial charge on any atom is -0.367 e. The number of aromatic nitrogens is 4. The van der Waals surface area contributed by atoms with Crippen molar-refractivity contribution in [3.05, 3.63) is 41.3 Å². The van der Waals surface area contributed by atoms with Crippen LogP contribution >= 0.6 is 0 Å². The largest absolute Gasteiger partial charge is 0.367 e. The molecule has 23 heavy (non-hydrogen) atoms. The lowest BCUT2D eigenvalue weighted by Gasteiger charge is -2.12. The molecule has 2 aromatic heterocycles. The van der Waals surface area contributed by atoms with E-state index < -0.39 is 0 Å². The van der Waals surface area contributed by atoms with Crippen molar-refractivity contribution in [1.82, 2.24) is 19.7 Å².